The van der Waals surface area contributed by atoms with E-state index in [4.69, 9.17) is 22.2 Å². The van der Waals surface area contributed by atoms with Crippen LogP contribution in [0.3, 0.4) is 0 Å². The lowest BCUT2D eigenvalue weighted by molar-refractivity contribution is -0.139. The fourth-order valence-corrected chi connectivity index (χ4v) is 25.0. The standard InChI is InChI=1S/C91H122N4O2S9/c1-8-12-16-20-24-28-30-34-38-41-45-66(44-40-36-32-26-22-18-14-10-3)56-68-58-82(99-65(68)6)73-62-71-72(86-88(73)94-105-92-86)63-74(89-87(71)93-106-95-89)83-59-69(57-67(46-42-37-33-27-23-19-15-11-4)47-43-39-35-31-29-25-21-17-13-9-2)90(103-83)80-55-53-78(102-80)77-50-51-79(100-77)84-60-70(61-85(96)97-7)91(104-84)81-54-52-76(101-81)75-49-48-64(5)98-75/h48-55,58-60,62-63,66-67H,8-47,56-57,61H2,1-7H3. The summed E-state index contributed by atoms with van der Waals surface area (Å²) >= 11 is 15.9. The van der Waals surface area contributed by atoms with Gasteiger partial charge in [-0.3, -0.25) is 4.79 Å². The van der Waals surface area contributed by atoms with E-state index in [0.29, 0.717) is 5.92 Å². The maximum absolute atomic E-state index is 13.0. The molecule has 0 amide bonds. The number of nitrogens with zero attached hydrogens (tertiary/aromatic N) is 4. The molecule has 0 N–H and O–H groups in total. The van der Waals surface area contributed by atoms with Crippen molar-refractivity contribution in [2.75, 3.05) is 7.11 Å². The van der Waals surface area contributed by atoms with Crippen LogP contribution >= 0.6 is 103 Å². The molecule has 0 bridgehead atoms. The maximum atomic E-state index is 13.0. The lowest BCUT2D eigenvalue weighted by Gasteiger charge is -2.17. The van der Waals surface area contributed by atoms with Crippen molar-refractivity contribution in [2.45, 2.75) is 318 Å². The number of ether oxygens (including phenoxy) is 1. The highest BCUT2D eigenvalue weighted by Gasteiger charge is 2.27. The Bertz CT molecular complexity index is 4360. The van der Waals surface area contributed by atoms with Gasteiger partial charge in [0.05, 0.1) is 37.0 Å². The summed E-state index contributed by atoms with van der Waals surface area (Å²) in [6.45, 7) is 13.8. The molecule has 0 aliphatic rings. The summed E-state index contributed by atoms with van der Waals surface area (Å²) in [7, 11) is 1.49. The minimum Gasteiger partial charge on any atom is -0.469 e. The summed E-state index contributed by atoms with van der Waals surface area (Å²) in [5.74, 6) is 1.13. The van der Waals surface area contributed by atoms with Gasteiger partial charge < -0.3 is 4.74 Å². The first-order valence-corrected chi connectivity index (χ1v) is 48.9. The number of fused-ring (bicyclic) bond motifs is 5. The second-order valence-corrected chi connectivity index (χ2v) is 39.7. The van der Waals surface area contributed by atoms with E-state index < -0.39 is 0 Å². The van der Waals surface area contributed by atoms with E-state index in [1.807, 2.05) is 68.0 Å². The van der Waals surface area contributed by atoms with Crippen molar-refractivity contribution in [3.8, 4) is 69.7 Å². The predicted octanol–water partition coefficient (Wildman–Crippen LogP) is 33.3. The molecule has 9 heterocycles. The molecule has 0 radical (unpaired) electrons. The molecule has 572 valence electrons. The molecule has 2 aromatic carbocycles. The predicted molar refractivity (Wildman–Crippen MR) is 476 cm³/mol. The van der Waals surface area contributed by atoms with Crippen LogP contribution in [0.15, 0.2) is 78.9 Å². The maximum Gasteiger partial charge on any atom is 0.310 e. The Morgan fingerprint density at radius 3 is 1.07 bits per heavy atom. The average Bonchev–Trinajstić information content (AvgIpc) is 1.49. The third-order valence-corrected chi connectivity index (χ3v) is 32.0. The van der Waals surface area contributed by atoms with E-state index >= 15 is 0 Å². The Kier molecular flexibility index (Phi) is 34.8. The SMILES string of the molecule is CCCCCCCCCCCCC(CCCCCCCCCC)Cc1cc(-c2cc3c(cc(-c4cc(CC(CCCCCCCCCC)CCCCCCCCCCCC)c(-c5ccc(-c6ccc(-c7cc(CC(=O)OC)c(-c8ccc(-c9ccc(C)s9)s8)s7)s6)s5)s4)c4nsnc43)c3nsnc23)sc1C. The van der Waals surface area contributed by atoms with E-state index in [0.717, 1.165) is 61.2 Å². The molecule has 0 aliphatic carbocycles. The third-order valence-electron chi connectivity index (χ3n) is 22.2. The molecule has 6 nitrogen and oxygen atoms in total. The fraction of sp³-hybridized carbons (Fsp3) is 0.571. The number of thiophene rings is 7. The topological polar surface area (TPSA) is 77.9 Å². The molecule has 11 aromatic rings. The summed E-state index contributed by atoms with van der Waals surface area (Å²) in [4.78, 5) is 30.9. The van der Waals surface area contributed by atoms with Crippen molar-refractivity contribution in [3.63, 3.8) is 0 Å². The van der Waals surface area contributed by atoms with Crippen LogP contribution in [0.1, 0.15) is 311 Å². The van der Waals surface area contributed by atoms with E-state index in [1.165, 1.54) is 374 Å². The normalized spacial score (nSPS) is 12.6. The average molecular weight is 1590 g/mol. The highest BCUT2D eigenvalue weighted by molar-refractivity contribution is 7.31. The summed E-state index contributed by atoms with van der Waals surface area (Å²) in [6, 6.07) is 30.5. The van der Waals surface area contributed by atoms with Crippen LogP contribution in [0.2, 0.25) is 0 Å². The number of unbranched alkanes of at least 4 members (excludes halogenated alkanes) is 32. The highest BCUT2D eigenvalue weighted by atomic mass is 32.1. The Balaban J connectivity index is 0.886. The second-order valence-electron chi connectivity index (χ2n) is 30.8. The van der Waals surface area contributed by atoms with Crippen LogP contribution in [0, 0.1) is 25.7 Å². The van der Waals surface area contributed by atoms with E-state index in [-0.39, 0.29) is 12.4 Å². The lowest BCUT2D eigenvalue weighted by Crippen LogP contribution is -2.05. The zero-order chi connectivity index (χ0) is 73.7. The zero-order valence-corrected chi connectivity index (χ0v) is 72.7. The minimum atomic E-state index is -0.213. The number of rotatable bonds is 53. The van der Waals surface area contributed by atoms with Gasteiger partial charge in [0.25, 0.3) is 0 Å². The van der Waals surface area contributed by atoms with Gasteiger partial charge in [-0.2, -0.15) is 17.5 Å². The first-order valence-electron chi connectivity index (χ1n) is 41.8. The molecule has 2 atom stereocenters. The van der Waals surface area contributed by atoms with E-state index in [1.54, 1.807) is 11.3 Å². The summed E-state index contributed by atoms with van der Waals surface area (Å²) in [5, 5.41) is 2.25. The Hall–Kier alpha value is -4.29. The molecule has 11 rings (SSSR count). The lowest BCUT2D eigenvalue weighted by atomic mass is 9.88. The minimum absolute atomic E-state index is 0.213. The molecule has 0 spiro atoms. The van der Waals surface area contributed by atoms with E-state index in [2.05, 4.69) is 120 Å². The summed E-state index contributed by atoms with van der Waals surface area (Å²) in [6.07, 6.45) is 57.2. The number of carbonyl (C=O) groups is 1. The van der Waals surface area contributed by atoms with Crippen molar-refractivity contribution in [2.24, 2.45) is 11.8 Å². The number of carbonyl (C=O) groups excluding carboxylic acids is 1. The van der Waals surface area contributed by atoms with Gasteiger partial charge in [-0.25, -0.2) is 0 Å². The Morgan fingerprint density at radius 2 is 0.651 bits per heavy atom. The van der Waals surface area contributed by atoms with Crippen LogP contribution in [0.4, 0.5) is 0 Å². The number of aromatic nitrogens is 4. The molecule has 0 saturated heterocycles. The number of esters is 1. The molecule has 0 fully saturated rings. The molecular weight excluding hydrogens is 1470 g/mol. The first kappa shape index (κ1) is 82.7. The number of methoxy groups -OCH3 is 1. The Morgan fingerprint density at radius 1 is 0.330 bits per heavy atom. The number of aryl methyl sites for hydroxylation is 2. The third kappa shape index (κ3) is 23.9. The van der Waals surface area contributed by atoms with Crippen LogP contribution < -0.4 is 0 Å². The number of benzene rings is 2. The van der Waals surface area contributed by atoms with Crippen molar-refractivity contribution in [3.05, 3.63) is 105 Å². The van der Waals surface area contributed by atoms with Gasteiger partial charge in [-0.05, 0) is 134 Å². The van der Waals surface area contributed by atoms with Gasteiger partial charge in [0.15, 0.2) is 0 Å². The van der Waals surface area contributed by atoms with Gasteiger partial charge in [-0.1, -0.05) is 285 Å². The van der Waals surface area contributed by atoms with Crippen molar-refractivity contribution < 1.29 is 9.53 Å². The van der Waals surface area contributed by atoms with Crippen molar-refractivity contribution in [1.29, 1.82) is 0 Å². The van der Waals surface area contributed by atoms with Crippen molar-refractivity contribution >= 4 is 142 Å². The molecule has 9 aromatic heterocycles. The fourth-order valence-electron chi connectivity index (χ4n) is 16.0. The quantitative estimate of drug-likeness (QED) is 0.0279. The van der Waals surface area contributed by atoms with Gasteiger partial charge >= 0.3 is 5.97 Å². The van der Waals surface area contributed by atoms with Crippen LogP contribution in [0.25, 0.3) is 102 Å². The van der Waals surface area contributed by atoms with E-state index in [9.17, 15) is 4.79 Å². The van der Waals surface area contributed by atoms with Crippen LogP contribution in [-0.4, -0.2) is 30.6 Å². The zero-order valence-electron chi connectivity index (χ0n) is 65.3. The molecule has 106 heavy (non-hydrogen) atoms. The second kappa shape index (κ2) is 44.7. The van der Waals surface area contributed by atoms with Gasteiger partial charge in [-0.15, -0.1) is 79.4 Å². The number of hydrogen-bond donors (Lipinski definition) is 0. The Labute approximate surface area is 674 Å². The summed E-state index contributed by atoms with van der Waals surface area (Å²) in [5.41, 5.74) is 10.3. The van der Waals surface area contributed by atoms with Gasteiger partial charge in [0.1, 0.15) is 22.1 Å². The first-order chi connectivity index (χ1) is 52.1. The van der Waals surface area contributed by atoms with Crippen molar-refractivity contribution in [1.82, 2.24) is 17.5 Å². The molecular formula is C91H122N4O2S9. The largest absolute Gasteiger partial charge is 0.469 e. The van der Waals surface area contributed by atoms with Crippen LogP contribution in [0.5, 0.6) is 0 Å². The van der Waals surface area contributed by atoms with Gasteiger partial charge in [0.2, 0.25) is 0 Å². The van der Waals surface area contributed by atoms with Gasteiger partial charge in [0, 0.05) is 90.2 Å². The number of hydrogen-bond acceptors (Lipinski definition) is 15. The van der Waals surface area contributed by atoms with Crippen LogP contribution in [-0.2, 0) is 28.8 Å². The molecule has 0 saturated carbocycles. The monoisotopic (exact) mass is 1590 g/mol. The smallest absolute Gasteiger partial charge is 0.310 e. The molecule has 0 aliphatic heterocycles. The highest BCUT2D eigenvalue weighted by Crippen LogP contribution is 2.51. The molecule has 2 unspecified atom stereocenters. The summed E-state index contributed by atoms with van der Waals surface area (Å²) < 4.78 is 26.1. The molecule has 15 heteroatoms.